The monoisotopic (exact) mass is 369 g/mol. The van der Waals surface area contributed by atoms with Crippen LogP contribution in [0.15, 0.2) is 53.9 Å². The van der Waals surface area contributed by atoms with Crippen LogP contribution >= 0.6 is 11.3 Å². The summed E-state index contributed by atoms with van der Waals surface area (Å²) < 4.78 is 13.1. The van der Waals surface area contributed by atoms with E-state index in [9.17, 15) is 9.18 Å². The third-order valence-corrected chi connectivity index (χ3v) is 4.55. The number of anilines is 3. The van der Waals surface area contributed by atoms with Crippen molar-refractivity contribution in [3.8, 4) is 0 Å². The van der Waals surface area contributed by atoms with Gasteiger partial charge in [-0.2, -0.15) is 0 Å². The van der Waals surface area contributed by atoms with Gasteiger partial charge in [-0.1, -0.05) is 32.9 Å². The standard InChI is InChI=1S/C20H20FN3OS/c1-20(2,3)17-12-26-19(23-17)24-18(25)15-6-4-5-7-16(15)22-14-10-8-13(21)9-11-14/h4-12,22H,1-3H3,(H,23,24,25). The SMILES string of the molecule is CC(C)(C)c1csc(NC(=O)c2ccccc2Nc2ccc(F)cc2)n1. The topological polar surface area (TPSA) is 54.0 Å². The molecule has 1 heterocycles. The van der Waals surface area contributed by atoms with E-state index in [1.54, 1.807) is 30.3 Å². The normalized spacial score (nSPS) is 11.2. The van der Waals surface area contributed by atoms with Crippen LogP contribution in [0.25, 0.3) is 0 Å². The lowest BCUT2D eigenvalue weighted by molar-refractivity contribution is 0.102. The van der Waals surface area contributed by atoms with E-state index in [1.807, 2.05) is 11.4 Å². The molecule has 0 fully saturated rings. The molecular formula is C20H20FN3OS. The first-order valence-electron chi connectivity index (χ1n) is 8.22. The van der Waals surface area contributed by atoms with Gasteiger partial charge < -0.3 is 5.32 Å². The molecule has 3 rings (SSSR count). The average molecular weight is 369 g/mol. The first kappa shape index (κ1) is 18.1. The predicted molar refractivity (Wildman–Crippen MR) is 105 cm³/mol. The third-order valence-electron chi connectivity index (χ3n) is 3.79. The van der Waals surface area contributed by atoms with Gasteiger partial charge >= 0.3 is 0 Å². The molecule has 1 amide bonds. The van der Waals surface area contributed by atoms with E-state index in [0.717, 1.165) is 5.69 Å². The van der Waals surface area contributed by atoms with E-state index in [1.165, 1.54) is 23.5 Å². The summed E-state index contributed by atoms with van der Waals surface area (Å²) in [5.74, 6) is -0.551. The number of carbonyl (C=O) groups is 1. The van der Waals surface area contributed by atoms with E-state index in [2.05, 4.69) is 36.4 Å². The summed E-state index contributed by atoms with van der Waals surface area (Å²) >= 11 is 1.41. The van der Waals surface area contributed by atoms with Crippen LogP contribution in [0.5, 0.6) is 0 Å². The lowest BCUT2D eigenvalue weighted by Crippen LogP contribution is -2.15. The molecule has 1 aromatic heterocycles. The zero-order chi connectivity index (χ0) is 18.7. The van der Waals surface area contributed by atoms with Gasteiger partial charge in [-0.05, 0) is 36.4 Å². The van der Waals surface area contributed by atoms with Gasteiger partial charge in [0.15, 0.2) is 5.13 Å². The number of aromatic nitrogens is 1. The van der Waals surface area contributed by atoms with Gasteiger partial charge in [0.05, 0.1) is 16.9 Å². The van der Waals surface area contributed by atoms with Crippen molar-refractivity contribution < 1.29 is 9.18 Å². The van der Waals surface area contributed by atoms with Gasteiger partial charge in [0.2, 0.25) is 0 Å². The average Bonchev–Trinajstić information content (AvgIpc) is 3.06. The van der Waals surface area contributed by atoms with Crippen molar-refractivity contribution in [1.82, 2.24) is 4.98 Å². The van der Waals surface area contributed by atoms with Gasteiger partial charge in [0.25, 0.3) is 5.91 Å². The molecule has 0 saturated carbocycles. The van der Waals surface area contributed by atoms with Crippen LogP contribution in [0.1, 0.15) is 36.8 Å². The first-order chi connectivity index (χ1) is 12.3. The molecule has 4 nitrogen and oxygen atoms in total. The third kappa shape index (κ3) is 4.26. The Hall–Kier alpha value is -2.73. The van der Waals surface area contributed by atoms with Crippen molar-refractivity contribution in [3.63, 3.8) is 0 Å². The molecule has 0 bridgehead atoms. The number of hydrogen-bond acceptors (Lipinski definition) is 4. The lowest BCUT2D eigenvalue weighted by Gasteiger charge is -2.14. The minimum Gasteiger partial charge on any atom is -0.355 e. The molecular weight excluding hydrogens is 349 g/mol. The fourth-order valence-corrected chi connectivity index (χ4v) is 3.25. The summed E-state index contributed by atoms with van der Waals surface area (Å²) in [7, 11) is 0. The fourth-order valence-electron chi connectivity index (χ4n) is 2.32. The molecule has 0 saturated heterocycles. The Morgan fingerprint density at radius 3 is 2.42 bits per heavy atom. The van der Waals surface area contributed by atoms with Crippen molar-refractivity contribution in [1.29, 1.82) is 0 Å². The van der Waals surface area contributed by atoms with Crippen LogP contribution in [-0.4, -0.2) is 10.9 Å². The molecule has 0 radical (unpaired) electrons. The molecule has 3 aromatic rings. The largest absolute Gasteiger partial charge is 0.355 e. The maximum atomic E-state index is 13.1. The Bertz CT molecular complexity index is 913. The van der Waals surface area contributed by atoms with Gasteiger partial charge in [-0.25, -0.2) is 9.37 Å². The van der Waals surface area contributed by atoms with Crippen molar-refractivity contribution in [2.75, 3.05) is 10.6 Å². The van der Waals surface area contributed by atoms with Crippen molar-refractivity contribution in [2.45, 2.75) is 26.2 Å². The maximum Gasteiger partial charge on any atom is 0.259 e. The van der Waals surface area contributed by atoms with Gasteiger partial charge in [0, 0.05) is 16.5 Å². The van der Waals surface area contributed by atoms with Gasteiger partial charge in [0.1, 0.15) is 5.82 Å². The van der Waals surface area contributed by atoms with Gasteiger partial charge in [-0.15, -0.1) is 11.3 Å². The number of para-hydroxylation sites is 1. The summed E-state index contributed by atoms with van der Waals surface area (Å²) in [6, 6.07) is 13.2. The number of carbonyl (C=O) groups excluding carboxylic acids is 1. The second kappa shape index (κ2) is 7.25. The summed E-state index contributed by atoms with van der Waals surface area (Å²) in [6.07, 6.45) is 0. The molecule has 134 valence electrons. The van der Waals surface area contributed by atoms with E-state index in [0.29, 0.717) is 22.1 Å². The molecule has 0 unspecified atom stereocenters. The minimum atomic E-state index is -0.306. The Balaban J connectivity index is 1.79. The number of benzene rings is 2. The fraction of sp³-hybridized carbons (Fsp3) is 0.200. The summed E-state index contributed by atoms with van der Waals surface area (Å²) in [5, 5.41) is 8.53. The van der Waals surface area contributed by atoms with Crippen LogP contribution in [0, 0.1) is 5.82 Å². The summed E-state index contributed by atoms with van der Waals surface area (Å²) in [4.78, 5) is 17.2. The van der Waals surface area contributed by atoms with Crippen LogP contribution in [0.2, 0.25) is 0 Å². The molecule has 2 aromatic carbocycles. The molecule has 26 heavy (non-hydrogen) atoms. The highest BCUT2D eigenvalue weighted by molar-refractivity contribution is 7.14. The quantitative estimate of drug-likeness (QED) is 0.631. The van der Waals surface area contributed by atoms with Gasteiger partial charge in [-0.3, -0.25) is 10.1 Å². The van der Waals surface area contributed by atoms with E-state index in [-0.39, 0.29) is 17.1 Å². The Labute approximate surface area is 156 Å². The number of halogens is 1. The zero-order valence-corrected chi connectivity index (χ0v) is 15.7. The number of thiazole rings is 1. The van der Waals surface area contributed by atoms with Crippen LogP contribution in [-0.2, 0) is 5.41 Å². The van der Waals surface area contributed by atoms with E-state index < -0.39 is 0 Å². The molecule has 0 aliphatic heterocycles. The smallest absolute Gasteiger partial charge is 0.259 e. The summed E-state index contributed by atoms with van der Waals surface area (Å²) in [6.45, 7) is 6.24. The zero-order valence-electron chi connectivity index (χ0n) is 14.8. The molecule has 0 aliphatic rings. The second-order valence-corrected chi connectivity index (χ2v) is 7.78. The highest BCUT2D eigenvalue weighted by atomic mass is 32.1. The Morgan fingerprint density at radius 2 is 1.77 bits per heavy atom. The molecule has 6 heteroatoms. The van der Waals surface area contributed by atoms with Crippen LogP contribution < -0.4 is 10.6 Å². The second-order valence-electron chi connectivity index (χ2n) is 6.92. The molecule has 0 atom stereocenters. The minimum absolute atomic E-state index is 0.0679. The van der Waals surface area contributed by atoms with Crippen molar-refractivity contribution in [3.05, 3.63) is 71.0 Å². The lowest BCUT2D eigenvalue weighted by atomic mass is 9.93. The number of amides is 1. The molecule has 0 aliphatic carbocycles. The van der Waals surface area contributed by atoms with Crippen molar-refractivity contribution >= 4 is 33.8 Å². The Kier molecular flexibility index (Phi) is 5.04. The van der Waals surface area contributed by atoms with Crippen LogP contribution in [0.3, 0.4) is 0 Å². The maximum absolute atomic E-state index is 13.1. The predicted octanol–water partition coefficient (Wildman–Crippen LogP) is 5.58. The number of hydrogen-bond donors (Lipinski definition) is 2. The highest BCUT2D eigenvalue weighted by Gasteiger charge is 2.19. The molecule has 0 spiro atoms. The van der Waals surface area contributed by atoms with Crippen molar-refractivity contribution in [2.24, 2.45) is 0 Å². The van der Waals surface area contributed by atoms with E-state index >= 15 is 0 Å². The number of nitrogens with one attached hydrogen (secondary N) is 2. The van der Waals surface area contributed by atoms with E-state index in [4.69, 9.17) is 0 Å². The first-order valence-corrected chi connectivity index (χ1v) is 9.10. The number of nitrogens with zero attached hydrogens (tertiary/aromatic N) is 1. The van der Waals surface area contributed by atoms with Crippen LogP contribution in [0.4, 0.5) is 20.9 Å². The molecule has 2 N–H and O–H groups in total. The Morgan fingerprint density at radius 1 is 1.08 bits per heavy atom. The highest BCUT2D eigenvalue weighted by Crippen LogP contribution is 2.27. The number of rotatable bonds is 4. The summed E-state index contributed by atoms with van der Waals surface area (Å²) in [5.41, 5.74) is 2.71.